The molecule has 4 bridgehead atoms. The number of phenolic OH excluding ortho intramolecular Hbond substituents is 1. The van der Waals surface area contributed by atoms with E-state index in [1.165, 1.54) is 24.8 Å². The summed E-state index contributed by atoms with van der Waals surface area (Å²) >= 11 is 0. The fourth-order valence-electron chi connectivity index (χ4n) is 7.44. The summed E-state index contributed by atoms with van der Waals surface area (Å²) in [5.74, 6) is 0.391. The van der Waals surface area contributed by atoms with Crippen LogP contribution in [0.25, 0.3) is 0 Å². The normalized spacial score (nSPS) is 31.7. The SMILES string of the molecule is CC(C)(C)c1cc(C23CC4CC(CC(c5ccc(O)c(C(=O)O)c5)(C4)C2)C3)ccc1O. The standard InChI is InChI=1S/C27H32O4/c1-25(2,3)21-10-19(5-7-23(21)29)27-13-16-8-17(14-27)12-26(11-16,15-27)18-4-6-22(28)20(9-18)24(30)31/h4-7,9-10,16-17,28-29H,8,11-15H2,1-3H3,(H,30,31). The number of carbonyl (C=O) groups is 1. The van der Waals surface area contributed by atoms with Gasteiger partial charge in [-0.1, -0.05) is 39.0 Å². The molecule has 2 unspecified atom stereocenters. The van der Waals surface area contributed by atoms with Gasteiger partial charge in [0.2, 0.25) is 0 Å². The van der Waals surface area contributed by atoms with Gasteiger partial charge in [0.25, 0.3) is 0 Å². The molecule has 0 saturated heterocycles. The summed E-state index contributed by atoms with van der Waals surface area (Å²) in [5, 5.41) is 30.1. The molecule has 164 valence electrons. The summed E-state index contributed by atoms with van der Waals surface area (Å²) in [6, 6.07) is 11.4. The van der Waals surface area contributed by atoms with Crippen LogP contribution in [0.2, 0.25) is 0 Å². The third-order valence-corrected chi connectivity index (χ3v) is 8.32. The zero-order valence-corrected chi connectivity index (χ0v) is 18.6. The lowest BCUT2D eigenvalue weighted by Gasteiger charge is -2.63. The molecule has 0 aromatic heterocycles. The van der Waals surface area contributed by atoms with Crippen LogP contribution in [0.1, 0.15) is 86.3 Å². The molecule has 2 aromatic carbocycles. The third kappa shape index (κ3) is 3.14. The maximum Gasteiger partial charge on any atom is 0.339 e. The number of phenols is 2. The fourth-order valence-corrected chi connectivity index (χ4v) is 7.44. The number of hydrogen-bond donors (Lipinski definition) is 3. The van der Waals surface area contributed by atoms with Crippen LogP contribution in [0.5, 0.6) is 11.5 Å². The van der Waals surface area contributed by atoms with E-state index in [0.29, 0.717) is 17.6 Å². The second kappa shape index (κ2) is 6.51. The first kappa shape index (κ1) is 20.4. The topological polar surface area (TPSA) is 77.8 Å². The smallest absolute Gasteiger partial charge is 0.339 e. The number of hydrogen-bond acceptors (Lipinski definition) is 3. The Labute approximate surface area is 183 Å². The molecule has 0 aliphatic heterocycles. The minimum Gasteiger partial charge on any atom is -0.508 e. The molecule has 0 heterocycles. The van der Waals surface area contributed by atoms with Crippen molar-refractivity contribution in [3.8, 4) is 11.5 Å². The summed E-state index contributed by atoms with van der Waals surface area (Å²) in [7, 11) is 0. The van der Waals surface area contributed by atoms with E-state index in [1.807, 2.05) is 12.1 Å². The summed E-state index contributed by atoms with van der Waals surface area (Å²) in [6.07, 6.45) is 6.80. The Morgan fingerprint density at radius 3 is 1.90 bits per heavy atom. The van der Waals surface area contributed by atoms with Crippen LogP contribution in [0, 0.1) is 11.8 Å². The highest BCUT2D eigenvalue weighted by Crippen LogP contribution is 2.66. The van der Waals surface area contributed by atoms with Gasteiger partial charge in [0.05, 0.1) is 0 Å². The van der Waals surface area contributed by atoms with Crippen LogP contribution in [-0.4, -0.2) is 21.3 Å². The van der Waals surface area contributed by atoms with Crippen molar-refractivity contribution >= 4 is 5.97 Å². The molecule has 4 aliphatic carbocycles. The van der Waals surface area contributed by atoms with Crippen molar-refractivity contribution in [3.05, 3.63) is 58.7 Å². The number of carboxylic acids is 1. The van der Waals surface area contributed by atoms with Gasteiger partial charge in [-0.05, 0) is 101 Å². The van der Waals surface area contributed by atoms with Gasteiger partial charge in [0, 0.05) is 0 Å². The maximum absolute atomic E-state index is 11.7. The van der Waals surface area contributed by atoms with Crippen LogP contribution in [0.4, 0.5) is 0 Å². The molecule has 4 fully saturated rings. The van der Waals surface area contributed by atoms with Crippen molar-refractivity contribution in [1.82, 2.24) is 0 Å². The lowest BCUT2D eigenvalue weighted by molar-refractivity contribution is -0.0282. The number of carboxylic acid groups (broad SMARTS) is 1. The molecule has 0 amide bonds. The van der Waals surface area contributed by atoms with Gasteiger partial charge in [-0.2, -0.15) is 0 Å². The molecule has 2 atom stereocenters. The zero-order chi connectivity index (χ0) is 22.2. The Hall–Kier alpha value is -2.49. The van der Waals surface area contributed by atoms with Crippen LogP contribution < -0.4 is 0 Å². The second-order valence-electron chi connectivity index (χ2n) is 11.5. The minimum atomic E-state index is -1.08. The van der Waals surface area contributed by atoms with E-state index in [0.717, 1.165) is 30.4 Å². The predicted octanol–water partition coefficient (Wildman–Crippen LogP) is 5.88. The van der Waals surface area contributed by atoms with Crippen molar-refractivity contribution < 1.29 is 20.1 Å². The second-order valence-corrected chi connectivity index (χ2v) is 11.5. The maximum atomic E-state index is 11.7. The van der Waals surface area contributed by atoms with E-state index in [1.54, 1.807) is 12.1 Å². The van der Waals surface area contributed by atoms with Gasteiger partial charge in [0.1, 0.15) is 17.1 Å². The highest BCUT2D eigenvalue weighted by atomic mass is 16.4. The average Bonchev–Trinajstić information content (AvgIpc) is 2.66. The largest absolute Gasteiger partial charge is 0.508 e. The highest BCUT2D eigenvalue weighted by Gasteiger charge is 2.58. The lowest BCUT2D eigenvalue weighted by atomic mass is 9.41. The molecular formula is C27H32O4. The van der Waals surface area contributed by atoms with Gasteiger partial charge in [-0.3, -0.25) is 0 Å². The zero-order valence-electron chi connectivity index (χ0n) is 18.6. The Kier molecular flexibility index (Phi) is 4.28. The summed E-state index contributed by atoms with van der Waals surface area (Å²) in [5.41, 5.74) is 3.28. The summed E-state index contributed by atoms with van der Waals surface area (Å²) < 4.78 is 0. The minimum absolute atomic E-state index is 0.00180. The number of aromatic hydroxyl groups is 2. The van der Waals surface area contributed by atoms with Gasteiger partial charge >= 0.3 is 5.97 Å². The van der Waals surface area contributed by atoms with E-state index < -0.39 is 5.97 Å². The Morgan fingerprint density at radius 1 is 0.871 bits per heavy atom. The molecule has 0 spiro atoms. The highest BCUT2D eigenvalue weighted by molar-refractivity contribution is 5.91. The number of aromatic carboxylic acids is 1. The van der Waals surface area contributed by atoms with Gasteiger partial charge in [-0.15, -0.1) is 0 Å². The van der Waals surface area contributed by atoms with Crippen LogP contribution >= 0.6 is 0 Å². The molecule has 4 aliphatic rings. The van der Waals surface area contributed by atoms with E-state index in [-0.39, 0.29) is 27.6 Å². The predicted molar refractivity (Wildman–Crippen MR) is 120 cm³/mol. The average molecular weight is 421 g/mol. The monoisotopic (exact) mass is 420 g/mol. The molecule has 6 rings (SSSR count). The van der Waals surface area contributed by atoms with E-state index in [2.05, 4.69) is 32.9 Å². The first-order valence-electron chi connectivity index (χ1n) is 11.4. The van der Waals surface area contributed by atoms with Crippen LogP contribution in [0.15, 0.2) is 36.4 Å². The van der Waals surface area contributed by atoms with Gasteiger partial charge in [-0.25, -0.2) is 4.79 Å². The van der Waals surface area contributed by atoms with Gasteiger partial charge < -0.3 is 15.3 Å². The summed E-state index contributed by atoms with van der Waals surface area (Å²) in [6.45, 7) is 6.41. The Morgan fingerprint density at radius 2 is 1.39 bits per heavy atom. The van der Waals surface area contributed by atoms with Crippen LogP contribution in [-0.2, 0) is 16.2 Å². The molecule has 0 radical (unpaired) electrons. The Balaban J connectivity index is 1.61. The quantitative estimate of drug-likeness (QED) is 0.579. The first-order valence-corrected chi connectivity index (χ1v) is 11.4. The van der Waals surface area contributed by atoms with Crippen molar-refractivity contribution in [1.29, 1.82) is 0 Å². The molecule has 4 nitrogen and oxygen atoms in total. The van der Waals surface area contributed by atoms with Crippen molar-refractivity contribution in [3.63, 3.8) is 0 Å². The first-order chi connectivity index (χ1) is 14.5. The van der Waals surface area contributed by atoms with Crippen molar-refractivity contribution in [2.75, 3.05) is 0 Å². The molecular weight excluding hydrogens is 388 g/mol. The lowest BCUT2D eigenvalue weighted by Crippen LogP contribution is -2.56. The molecule has 4 saturated carbocycles. The third-order valence-electron chi connectivity index (χ3n) is 8.32. The van der Waals surface area contributed by atoms with Crippen LogP contribution in [0.3, 0.4) is 0 Å². The van der Waals surface area contributed by atoms with E-state index >= 15 is 0 Å². The molecule has 2 aromatic rings. The molecule has 31 heavy (non-hydrogen) atoms. The van der Waals surface area contributed by atoms with E-state index in [9.17, 15) is 20.1 Å². The molecule has 3 N–H and O–H groups in total. The van der Waals surface area contributed by atoms with E-state index in [4.69, 9.17) is 0 Å². The fraction of sp³-hybridized carbons (Fsp3) is 0.519. The van der Waals surface area contributed by atoms with Gasteiger partial charge in [0.15, 0.2) is 0 Å². The van der Waals surface area contributed by atoms with Crippen molar-refractivity contribution in [2.45, 2.75) is 75.5 Å². The number of rotatable bonds is 3. The number of benzene rings is 2. The Bertz CT molecular complexity index is 1050. The molecule has 4 heteroatoms. The summed E-state index contributed by atoms with van der Waals surface area (Å²) in [4.78, 5) is 11.7. The van der Waals surface area contributed by atoms with Crippen molar-refractivity contribution in [2.24, 2.45) is 11.8 Å².